The van der Waals surface area contributed by atoms with Crippen LogP contribution in [0, 0.1) is 11.3 Å². The molecule has 27 heavy (non-hydrogen) atoms. The van der Waals surface area contributed by atoms with Gasteiger partial charge >= 0.3 is 0 Å². The lowest BCUT2D eigenvalue weighted by molar-refractivity contribution is -0.140. The minimum Gasteiger partial charge on any atom is -0.378 e. The van der Waals surface area contributed by atoms with E-state index in [1.165, 1.54) is 9.79 Å². The monoisotopic (exact) mass is 406 g/mol. The van der Waals surface area contributed by atoms with Gasteiger partial charge in [-0.15, -0.1) is 0 Å². The standard InChI is InChI=1S/C16H30N4O6S/c1-16(2,3)13(14(21)17-23)18-27(24,25)20-6-4-12(5-7-20)15(22)19-8-10-26-11-9-19/h12-13,18,23H,4-11H2,1-3H3,(H,17,21). The molecule has 0 aromatic rings. The van der Waals surface area contributed by atoms with Crippen LogP contribution in [0.4, 0.5) is 0 Å². The Labute approximate surface area is 160 Å². The number of hydroxylamine groups is 1. The number of nitrogens with one attached hydrogen (secondary N) is 2. The van der Waals surface area contributed by atoms with Gasteiger partial charge in [0.15, 0.2) is 0 Å². The van der Waals surface area contributed by atoms with Crippen molar-refractivity contribution in [3.8, 4) is 0 Å². The number of carbonyl (C=O) groups excluding carboxylic acids is 2. The first-order valence-electron chi connectivity index (χ1n) is 9.14. The smallest absolute Gasteiger partial charge is 0.280 e. The van der Waals surface area contributed by atoms with Crippen LogP contribution in [0.15, 0.2) is 0 Å². The Balaban J connectivity index is 1.97. The van der Waals surface area contributed by atoms with E-state index in [1.54, 1.807) is 25.7 Å². The minimum atomic E-state index is -3.93. The summed E-state index contributed by atoms with van der Waals surface area (Å²) in [5.74, 6) is -0.965. The van der Waals surface area contributed by atoms with E-state index < -0.39 is 27.6 Å². The molecule has 10 nitrogen and oxygen atoms in total. The fourth-order valence-corrected chi connectivity index (χ4v) is 4.90. The van der Waals surface area contributed by atoms with Crippen molar-refractivity contribution in [1.82, 2.24) is 19.4 Å². The van der Waals surface area contributed by atoms with Crippen LogP contribution >= 0.6 is 0 Å². The van der Waals surface area contributed by atoms with Gasteiger partial charge in [-0.3, -0.25) is 14.8 Å². The number of ether oxygens (including phenoxy) is 1. The van der Waals surface area contributed by atoms with E-state index >= 15 is 0 Å². The largest absolute Gasteiger partial charge is 0.378 e. The summed E-state index contributed by atoms with van der Waals surface area (Å²) in [6, 6.07) is -1.12. The van der Waals surface area contributed by atoms with Gasteiger partial charge in [-0.05, 0) is 18.3 Å². The summed E-state index contributed by atoms with van der Waals surface area (Å²) in [6.45, 7) is 7.70. The van der Waals surface area contributed by atoms with Crippen LogP contribution in [-0.2, 0) is 24.5 Å². The lowest BCUT2D eigenvalue weighted by Gasteiger charge is -2.36. The summed E-state index contributed by atoms with van der Waals surface area (Å²) in [6.07, 6.45) is 0.868. The van der Waals surface area contributed by atoms with E-state index in [4.69, 9.17) is 9.94 Å². The Morgan fingerprint density at radius 1 is 1.11 bits per heavy atom. The van der Waals surface area contributed by atoms with Crippen molar-refractivity contribution in [3.63, 3.8) is 0 Å². The Hall–Kier alpha value is -1.27. The number of hydrogen-bond donors (Lipinski definition) is 3. The van der Waals surface area contributed by atoms with Gasteiger partial charge in [-0.25, -0.2) is 5.48 Å². The summed E-state index contributed by atoms with van der Waals surface area (Å²) >= 11 is 0. The van der Waals surface area contributed by atoms with E-state index in [0.29, 0.717) is 39.1 Å². The highest BCUT2D eigenvalue weighted by Gasteiger charge is 2.39. The molecule has 1 atom stereocenters. The molecule has 0 saturated carbocycles. The summed E-state index contributed by atoms with van der Waals surface area (Å²) in [5, 5.41) is 8.90. The molecule has 3 N–H and O–H groups in total. The van der Waals surface area contributed by atoms with Crippen molar-refractivity contribution >= 4 is 22.0 Å². The van der Waals surface area contributed by atoms with E-state index in [1.807, 2.05) is 0 Å². The highest BCUT2D eigenvalue weighted by Crippen LogP contribution is 2.24. The molecular weight excluding hydrogens is 376 g/mol. The third-order valence-electron chi connectivity index (χ3n) is 4.97. The van der Waals surface area contributed by atoms with Gasteiger partial charge in [-0.1, -0.05) is 20.8 Å². The van der Waals surface area contributed by atoms with Crippen molar-refractivity contribution in [3.05, 3.63) is 0 Å². The molecule has 11 heteroatoms. The maximum absolute atomic E-state index is 12.7. The summed E-state index contributed by atoms with van der Waals surface area (Å²) in [5.41, 5.74) is 0.779. The van der Waals surface area contributed by atoms with Crippen LogP contribution in [0.25, 0.3) is 0 Å². The van der Waals surface area contributed by atoms with Crippen LogP contribution < -0.4 is 10.2 Å². The van der Waals surface area contributed by atoms with Crippen LogP contribution in [0.3, 0.4) is 0 Å². The second-order valence-electron chi connectivity index (χ2n) is 8.01. The van der Waals surface area contributed by atoms with Gasteiger partial charge in [0.2, 0.25) is 5.91 Å². The molecule has 2 aliphatic heterocycles. The minimum absolute atomic E-state index is 0.0514. The highest BCUT2D eigenvalue weighted by atomic mass is 32.2. The Morgan fingerprint density at radius 3 is 2.15 bits per heavy atom. The SMILES string of the molecule is CC(C)(C)C(NS(=O)(=O)N1CCC(C(=O)N2CCOCC2)CC1)C(=O)NO. The number of hydrogen-bond acceptors (Lipinski definition) is 6. The van der Waals surface area contributed by atoms with Gasteiger partial charge in [0.1, 0.15) is 6.04 Å². The molecule has 2 fully saturated rings. The number of piperidine rings is 1. The normalized spacial score (nSPS) is 21.7. The lowest BCUT2D eigenvalue weighted by atomic mass is 9.87. The predicted octanol–water partition coefficient (Wildman–Crippen LogP) is -0.688. The average Bonchev–Trinajstić information content (AvgIpc) is 2.65. The molecular formula is C16H30N4O6S. The Morgan fingerprint density at radius 2 is 1.67 bits per heavy atom. The molecule has 2 heterocycles. The van der Waals surface area contributed by atoms with E-state index in [9.17, 15) is 18.0 Å². The van der Waals surface area contributed by atoms with Crippen LogP contribution in [0.5, 0.6) is 0 Å². The van der Waals surface area contributed by atoms with E-state index in [0.717, 1.165) is 0 Å². The predicted molar refractivity (Wildman–Crippen MR) is 96.9 cm³/mol. The molecule has 1 unspecified atom stereocenters. The van der Waals surface area contributed by atoms with Gasteiger partial charge in [0.25, 0.3) is 16.1 Å². The number of nitrogens with zero attached hydrogens (tertiary/aromatic N) is 2. The van der Waals surface area contributed by atoms with E-state index in [-0.39, 0.29) is 24.9 Å². The van der Waals surface area contributed by atoms with Crippen molar-refractivity contribution in [1.29, 1.82) is 0 Å². The molecule has 2 rings (SSSR count). The quantitative estimate of drug-likeness (QED) is 0.410. The zero-order valence-corrected chi connectivity index (χ0v) is 16.9. The Bertz CT molecular complexity index is 634. The summed E-state index contributed by atoms with van der Waals surface area (Å²) < 4.78 is 34.2. The van der Waals surface area contributed by atoms with Crippen LogP contribution in [0.1, 0.15) is 33.6 Å². The maximum atomic E-state index is 12.7. The van der Waals surface area contributed by atoms with Gasteiger partial charge in [-0.2, -0.15) is 17.4 Å². The second kappa shape index (κ2) is 8.82. The highest BCUT2D eigenvalue weighted by molar-refractivity contribution is 7.87. The molecule has 0 bridgehead atoms. The van der Waals surface area contributed by atoms with E-state index in [2.05, 4.69) is 4.72 Å². The van der Waals surface area contributed by atoms with Crippen molar-refractivity contribution in [2.24, 2.45) is 11.3 Å². The first-order chi connectivity index (χ1) is 12.6. The lowest BCUT2D eigenvalue weighted by Crippen LogP contribution is -2.57. The fourth-order valence-electron chi connectivity index (χ4n) is 3.30. The second-order valence-corrected chi connectivity index (χ2v) is 9.71. The molecule has 156 valence electrons. The Kier molecular flexibility index (Phi) is 7.20. The van der Waals surface area contributed by atoms with Gasteiger partial charge < -0.3 is 9.64 Å². The molecule has 0 aliphatic carbocycles. The molecule has 0 spiro atoms. The van der Waals surface area contributed by atoms with Gasteiger partial charge in [0.05, 0.1) is 13.2 Å². The first kappa shape index (κ1) is 22.0. The third-order valence-corrected chi connectivity index (χ3v) is 6.55. The zero-order chi connectivity index (χ0) is 20.2. The summed E-state index contributed by atoms with van der Waals surface area (Å²) in [4.78, 5) is 26.2. The van der Waals surface area contributed by atoms with Crippen molar-refractivity contribution in [2.45, 2.75) is 39.7 Å². The summed E-state index contributed by atoms with van der Waals surface area (Å²) in [7, 11) is -3.93. The van der Waals surface area contributed by atoms with Crippen molar-refractivity contribution in [2.75, 3.05) is 39.4 Å². The number of amides is 2. The number of morpholine rings is 1. The number of rotatable bonds is 5. The first-order valence-corrected chi connectivity index (χ1v) is 10.6. The third kappa shape index (κ3) is 5.61. The molecule has 0 aromatic heterocycles. The van der Waals surface area contributed by atoms with Gasteiger partial charge in [0, 0.05) is 32.1 Å². The number of carbonyl (C=O) groups is 2. The van der Waals surface area contributed by atoms with Crippen LogP contribution in [-0.4, -0.2) is 80.1 Å². The molecule has 2 amide bonds. The molecule has 2 saturated heterocycles. The van der Waals surface area contributed by atoms with Crippen LogP contribution in [0.2, 0.25) is 0 Å². The molecule has 0 radical (unpaired) electrons. The topological polar surface area (TPSA) is 128 Å². The maximum Gasteiger partial charge on any atom is 0.280 e. The fraction of sp³-hybridized carbons (Fsp3) is 0.875. The molecule has 0 aromatic carbocycles. The van der Waals surface area contributed by atoms with Crippen molar-refractivity contribution < 1.29 is 28.0 Å². The average molecular weight is 407 g/mol. The molecule has 2 aliphatic rings. The zero-order valence-electron chi connectivity index (χ0n) is 16.1.